The van der Waals surface area contributed by atoms with Gasteiger partial charge in [0.2, 0.25) is 0 Å². The lowest BCUT2D eigenvalue weighted by Crippen LogP contribution is -2.05. The van der Waals surface area contributed by atoms with Crippen LogP contribution < -0.4 is 5.43 Å². The summed E-state index contributed by atoms with van der Waals surface area (Å²) in [7, 11) is 1.82. The number of halogens is 1. The first-order chi connectivity index (χ1) is 5.81. The Morgan fingerprint density at radius 1 is 1.33 bits per heavy atom. The maximum atomic E-state index is 12.7. The van der Waals surface area contributed by atoms with Crippen LogP contribution in [0.5, 0.6) is 0 Å². The molecule has 1 heterocycles. The summed E-state index contributed by atoms with van der Waals surface area (Å²) >= 11 is 0. The van der Waals surface area contributed by atoms with Crippen molar-refractivity contribution in [3.8, 4) is 0 Å². The summed E-state index contributed by atoms with van der Waals surface area (Å²) in [5.74, 6) is -0.198. The lowest BCUT2D eigenvalue weighted by atomic mass is 10.2. The van der Waals surface area contributed by atoms with Crippen molar-refractivity contribution in [2.24, 2.45) is 0 Å². The number of hydrogen-bond donors (Lipinski definition) is 1. The molecule has 0 saturated heterocycles. The molecule has 0 saturated carbocycles. The number of fused-ring (bicyclic) bond motifs is 1. The van der Waals surface area contributed by atoms with Crippen molar-refractivity contribution in [2.75, 3.05) is 12.5 Å². The summed E-state index contributed by atoms with van der Waals surface area (Å²) < 4.78 is 14.6. The van der Waals surface area contributed by atoms with Crippen LogP contribution in [-0.2, 0) is 0 Å². The lowest BCUT2D eigenvalue weighted by Gasteiger charge is -2.01. The summed E-state index contributed by atoms with van der Waals surface area (Å²) in [5.41, 5.74) is 3.95. The van der Waals surface area contributed by atoms with Crippen molar-refractivity contribution >= 4 is 10.9 Å². The quantitative estimate of drug-likeness (QED) is 0.681. The predicted octanol–water partition coefficient (Wildman–Crippen LogP) is 1.95. The van der Waals surface area contributed by atoms with Crippen LogP contribution in [0.3, 0.4) is 0 Å². The van der Waals surface area contributed by atoms with Gasteiger partial charge in [-0.2, -0.15) is 0 Å². The van der Waals surface area contributed by atoms with E-state index in [2.05, 4.69) is 5.43 Å². The maximum absolute atomic E-state index is 12.7. The topological polar surface area (TPSA) is 17.0 Å². The lowest BCUT2D eigenvalue weighted by molar-refractivity contribution is 0.629. The van der Waals surface area contributed by atoms with E-state index >= 15 is 0 Å². The molecule has 2 nitrogen and oxygen atoms in total. The Morgan fingerprint density at radius 2 is 2.17 bits per heavy atom. The Morgan fingerprint density at radius 3 is 2.92 bits per heavy atom. The first-order valence-corrected chi connectivity index (χ1v) is 3.75. The summed E-state index contributed by atoms with van der Waals surface area (Å²) in [6.07, 6.45) is 1.87. The van der Waals surface area contributed by atoms with E-state index in [1.54, 1.807) is 6.07 Å². The summed E-state index contributed by atoms with van der Waals surface area (Å²) in [5, 5.41) is 0.907. The van der Waals surface area contributed by atoms with E-state index in [4.69, 9.17) is 0 Å². The molecule has 62 valence electrons. The SMILES string of the molecule is CNn1ccc2cc(F)ccc21. The Bertz CT molecular complexity index is 406. The summed E-state index contributed by atoms with van der Waals surface area (Å²) in [4.78, 5) is 0. The summed E-state index contributed by atoms with van der Waals surface area (Å²) in [6.45, 7) is 0. The van der Waals surface area contributed by atoms with Crippen molar-refractivity contribution in [1.82, 2.24) is 4.68 Å². The summed E-state index contributed by atoms with van der Waals surface area (Å²) in [6, 6.07) is 6.59. The van der Waals surface area contributed by atoms with Gasteiger partial charge in [-0.15, -0.1) is 0 Å². The first kappa shape index (κ1) is 7.16. The molecule has 3 heteroatoms. The van der Waals surface area contributed by atoms with Crippen molar-refractivity contribution in [3.63, 3.8) is 0 Å². The van der Waals surface area contributed by atoms with Gasteiger partial charge in [-0.25, -0.2) is 4.39 Å². The highest BCUT2D eigenvalue weighted by atomic mass is 19.1. The zero-order chi connectivity index (χ0) is 8.55. The molecular formula is C9H9FN2. The second-order valence-electron chi connectivity index (χ2n) is 2.61. The highest BCUT2D eigenvalue weighted by Crippen LogP contribution is 2.15. The molecule has 2 aromatic rings. The van der Waals surface area contributed by atoms with Crippen LogP contribution in [0, 0.1) is 5.82 Å². The molecule has 0 radical (unpaired) electrons. The van der Waals surface area contributed by atoms with Crippen LogP contribution in [0.4, 0.5) is 4.39 Å². The molecular weight excluding hydrogens is 155 g/mol. The van der Waals surface area contributed by atoms with Gasteiger partial charge < -0.3 is 5.43 Å². The third-order valence-corrected chi connectivity index (χ3v) is 1.89. The van der Waals surface area contributed by atoms with E-state index in [0.29, 0.717) is 0 Å². The van der Waals surface area contributed by atoms with Crippen LogP contribution in [0.25, 0.3) is 10.9 Å². The Balaban J connectivity index is 2.73. The molecule has 1 aromatic heterocycles. The minimum Gasteiger partial charge on any atom is -0.329 e. The molecule has 0 atom stereocenters. The molecule has 1 N–H and O–H groups in total. The molecule has 12 heavy (non-hydrogen) atoms. The van der Waals surface area contributed by atoms with Gasteiger partial charge in [0.25, 0.3) is 0 Å². The minimum atomic E-state index is -0.198. The predicted molar refractivity (Wildman–Crippen MR) is 47.2 cm³/mol. The largest absolute Gasteiger partial charge is 0.329 e. The molecule has 0 spiro atoms. The highest BCUT2D eigenvalue weighted by Gasteiger charge is 1.99. The van der Waals surface area contributed by atoms with Gasteiger partial charge in [-0.1, -0.05) is 0 Å². The first-order valence-electron chi connectivity index (χ1n) is 3.75. The van der Waals surface area contributed by atoms with Gasteiger partial charge in [-0.05, 0) is 24.3 Å². The van der Waals surface area contributed by atoms with Gasteiger partial charge >= 0.3 is 0 Å². The Hall–Kier alpha value is -1.51. The monoisotopic (exact) mass is 164 g/mol. The number of benzene rings is 1. The fraction of sp³-hybridized carbons (Fsp3) is 0.111. The molecule has 0 unspecified atom stereocenters. The molecule has 0 amide bonds. The fourth-order valence-electron chi connectivity index (χ4n) is 1.31. The van der Waals surface area contributed by atoms with Crippen LogP contribution in [0.2, 0.25) is 0 Å². The van der Waals surface area contributed by atoms with Gasteiger partial charge in [0.1, 0.15) is 5.82 Å². The molecule has 0 aliphatic heterocycles. The molecule has 0 aliphatic carbocycles. The van der Waals surface area contributed by atoms with Crippen molar-refractivity contribution < 1.29 is 4.39 Å². The number of rotatable bonds is 1. The van der Waals surface area contributed by atoms with Gasteiger partial charge in [-0.3, -0.25) is 4.68 Å². The molecule has 1 aromatic carbocycles. The Kier molecular flexibility index (Phi) is 1.50. The zero-order valence-electron chi connectivity index (χ0n) is 6.71. The van der Waals surface area contributed by atoms with Gasteiger partial charge in [0.15, 0.2) is 0 Å². The standard InChI is InChI=1S/C9H9FN2/c1-11-12-5-4-7-6-8(10)2-3-9(7)12/h2-6,11H,1H3. The number of hydrogen-bond acceptors (Lipinski definition) is 1. The molecule has 0 bridgehead atoms. The van der Waals surface area contributed by atoms with Gasteiger partial charge in [0.05, 0.1) is 5.52 Å². The number of nitrogens with one attached hydrogen (secondary N) is 1. The highest BCUT2D eigenvalue weighted by molar-refractivity contribution is 5.80. The van der Waals surface area contributed by atoms with E-state index in [1.807, 2.05) is 24.0 Å². The third-order valence-electron chi connectivity index (χ3n) is 1.89. The van der Waals surface area contributed by atoms with E-state index in [-0.39, 0.29) is 5.82 Å². The van der Waals surface area contributed by atoms with Gasteiger partial charge in [0, 0.05) is 18.6 Å². The Labute approximate surface area is 69.6 Å². The van der Waals surface area contributed by atoms with Crippen LogP contribution in [0.15, 0.2) is 30.5 Å². The zero-order valence-corrected chi connectivity index (χ0v) is 6.71. The smallest absolute Gasteiger partial charge is 0.123 e. The van der Waals surface area contributed by atoms with Crippen molar-refractivity contribution in [3.05, 3.63) is 36.3 Å². The van der Waals surface area contributed by atoms with Crippen LogP contribution in [-0.4, -0.2) is 11.7 Å². The second-order valence-corrected chi connectivity index (χ2v) is 2.61. The van der Waals surface area contributed by atoms with E-state index in [1.165, 1.54) is 12.1 Å². The molecule has 0 aliphatic rings. The third kappa shape index (κ3) is 0.942. The molecule has 0 fully saturated rings. The normalized spacial score (nSPS) is 10.5. The van der Waals surface area contributed by atoms with Crippen molar-refractivity contribution in [2.45, 2.75) is 0 Å². The average molecular weight is 164 g/mol. The number of nitrogens with zero attached hydrogens (tertiary/aromatic N) is 1. The minimum absolute atomic E-state index is 0.198. The van der Waals surface area contributed by atoms with Crippen LogP contribution in [0.1, 0.15) is 0 Å². The fourth-order valence-corrected chi connectivity index (χ4v) is 1.31. The second kappa shape index (κ2) is 2.52. The number of aromatic nitrogens is 1. The van der Waals surface area contributed by atoms with E-state index in [0.717, 1.165) is 10.9 Å². The average Bonchev–Trinajstić information content (AvgIpc) is 2.46. The van der Waals surface area contributed by atoms with Crippen LogP contribution >= 0.6 is 0 Å². The van der Waals surface area contributed by atoms with Crippen molar-refractivity contribution in [1.29, 1.82) is 0 Å². The maximum Gasteiger partial charge on any atom is 0.123 e. The van der Waals surface area contributed by atoms with E-state index < -0.39 is 0 Å². The molecule has 2 rings (SSSR count). The van der Waals surface area contributed by atoms with E-state index in [9.17, 15) is 4.39 Å².